The first-order chi connectivity index (χ1) is 9.15. The highest BCUT2D eigenvalue weighted by Gasteiger charge is 2.32. The minimum Gasteiger partial charge on any atom is -0.344 e. The van der Waals surface area contributed by atoms with E-state index < -0.39 is 0 Å². The normalized spacial score (nSPS) is 26.4. The monoisotopic (exact) mass is 272 g/mol. The first-order valence-electron chi connectivity index (χ1n) is 6.85. The van der Waals surface area contributed by atoms with Crippen LogP contribution in [-0.4, -0.2) is 29.1 Å². The molecule has 0 aliphatic carbocycles. The summed E-state index contributed by atoms with van der Waals surface area (Å²) in [7, 11) is 2.23. The van der Waals surface area contributed by atoms with Crippen LogP contribution in [0.2, 0.25) is 5.02 Å². The van der Waals surface area contributed by atoms with E-state index in [4.69, 9.17) is 11.6 Å². The molecule has 2 aliphatic heterocycles. The molecule has 1 aromatic heterocycles. The van der Waals surface area contributed by atoms with Gasteiger partial charge < -0.3 is 4.57 Å². The molecule has 0 fully saturated rings. The summed E-state index contributed by atoms with van der Waals surface area (Å²) in [6, 6.07) is 6.96. The van der Waals surface area contributed by atoms with Gasteiger partial charge in [0.15, 0.2) is 0 Å². The minimum atomic E-state index is 0.484. The maximum atomic E-state index is 6.36. The largest absolute Gasteiger partial charge is 0.344 e. The lowest BCUT2D eigenvalue weighted by Crippen LogP contribution is -2.43. The van der Waals surface area contributed by atoms with E-state index in [1.807, 2.05) is 0 Å². The second-order valence-electron chi connectivity index (χ2n) is 5.89. The molecule has 0 saturated heterocycles. The Hall–Kier alpha value is -1.25. The van der Waals surface area contributed by atoms with E-state index in [1.54, 1.807) is 0 Å². The second-order valence-corrected chi connectivity index (χ2v) is 6.29. The quantitative estimate of drug-likeness (QED) is 0.711. The Bertz CT molecular complexity index is 698. The van der Waals surface area contributed by atoms with Gasteiger partial charge in [-0.1, -0.05) is 42.8 Å². The summed E-state index contributed by atoms with van der Waals surface area (Å²) >= 11 is 6.36. The zero-order chi connectivity index (χ0) is 13.1. The lowest BCUT2D eigenvalue weighted by atomic mass is 9.86. The average molecular weight is 273 g/mol. The second kappa shape index (κ2) is 3.87. The Morgan fingerprint density at radius 2 is 2.11 bits per heavy atom. The molecule has 0 bridgehead atoms. The molecule has 2 atom stereocenters. The number of hydrogen-bond acceptors (Lipinski definition) is 1. The fraction of sp³-hybridized carbons (Fsp3) is 0.375. The van der Waals surface area contributed by atoms with Gasteiger partial charge in [-0.05, 0) is 18.5 Å². The first kappa shape index (κ1) is 11.6. The third kappa shape index (κ3) is 1.53. The van der Waals surface area contributed by atoms with Crippen LogP contribution in [-0.2, 0) is 6.54 Å². The van der Waals surface area contributed by atoms with Crippen LogP contribution in [0.3, 0.4) is 0 Å². The summed E-state index contributed by atoms with van der Waals surface area (Å²) in [5.41, 5.74) is 4.14. The van der Waals surface area contributed by atoms with Crippen LogP contribution in [0.1, 0.15) is 12.5 Å². The van der Waals surface area contributed by atoms with Crippen molar-refractivity contribution in [1.29, 1.82) is 0 Å². The zero-order valence-electron chi connectivity index (χ0n) is 11.2. The number of rotatable bonds is 0. The molecule has 98 valence electrons. The van der Waals surface area contributed by atoms with Crippen LogP contribution in [0, 0.1) is 5.92 Å². The number of nitrogens with zero attached hydrogens (tertiary/aromatic N) is 2. The standard InChI is InChI=1S/C16H17ClN2/c1-10-6-13-11-4-3-5-12-14(17)8-19(16(11)12)9-15(13)18(2)7-10/h3-6,8,10,15H,7,9H2,1-2H3. The Balaban J connectivity index is 2.04. The van der Waals surface area contributed by atoms with Crippen molar-refractivity contribution < 1.29 is 0 Å². The predicted molar refractivity (Wildman–Crippen MR) is 80.5 cm³/mol. The Kier molecular flexibility index (Phi) is 2.36. The molecule has 0 radical (unpaired) electrons. The maximum Gasteiger partial charge on any atom is 0.0661 e. The molecule has 2 aromatic rings. The molecule has 1 aromatic carbocycles. The number of halogens is 1. The van der Waals surface area contributed by atoms with Gasteiger partial charge in [0.2, 0.25) is 0 Å². The topological polar surface area (TPSA) is 8.17 Å². The number of hydrogen-bond donors (Lipinski definition) is 0. The third-order valence-electron chi connectivity index (χ3n) is 4.46. The highest BCUT2D eigenvalue weighted by Crippen LogP contribution is 2.40. The molecule has 2 aliphatic rings. The number of benzene rings is 1. The molecule has 0 spiro atoms. The molecule has 4 rings (SSSR count). The molecule has 3 heteroatoms. The van der Waals surface area contributed by atoms with Crippen LogP contribution in [0.5, 0.6) is 0 Å². The molecule has 0 amide bonds. The first-order valence-corrected chi connectivity index (χ1v) is 7.22. The van der Waals surface area contributed by atoms with Crippen molar-refractivity contribution in [1.82, 2.24) is 9.47 Å². The van der Waals surface area contributed by atoms with Crippen LogP contribution in [0.15, 0.2) is 30.5 Å². The number of aromatic nitrogens is 1. The van der Waals surface area contributed by atoms with Gasteiger partial charge in [0, 0.05) is 30.2 Å². The zero-order valence-corrected chi connectivity index (χ0v) is 12.0. The van der Waals surface area contributed by atoms with E-state index in [9.17, 15) is 0 Å². The summed E-state index contributed by atoms with van der Waals surface area (Å²) < 4.78 is 2.32. The summed E-state index contributed by atoms with van der Waals surface area (Å²) in [5, 5.41) is 2.05. The van der Waals surface area contributed by atoms with Crippen molar-refractivity contribution in [3.05, 3.63) is 41.1 Å². The van der Waals surface area contributed by atoms with Gasteiger partial charge in [0.05, 0.1) is 16.6 Å². The summed E-state index contributed by atoms with van der Waals surface area (Å²) in [4.78, 5) is 2.47. The van der Waals surface area contributed by atoms with Crippen LogP contribution in [0.4, 0.5) is 0 Å². The van der Waals surface area contributed by atoms with Crippen LogP contribution in [0.25, 0.3) is 16.5 Å². The number of fused-ring (bicyclic) bond motifs is 2. The molecular formula is C16H17ClN2. The van der Waals surface area contributed by atoms with E-state index >= 15 is 0 Å². The summed E-state index contributed by atoms with van der Waals surface area (Å²) in [5.74, 6) is 0.614. The number of likely N-dealkylation sites (N-methyl/N-ethyl adjacent to an activating group) is 1. The van der Waals surface area contributed by atoms with Crippen molar-refractivity contribution in [2.75, 3.05) is 13.6 Å². The van der Waals surface area contributed by atoms with Gasteiger partial charge in [0.25, 0.3) is 0 Å². The SMILES string of the molecule is CC1C=C2c3cccc4c(Cl)cn(c34)CC2N(C)C1. The van der Waals surface area contributed by atoms with Crippen LogP contribution >= 0.6 is 11.6 Å². The Labute approximate surface area is 118 Å². The van der Waals surface area contributed by atoms with Gasteiger partial charge >= 0.3 is 0 Å². The van der Waals surface area contributed by atoms with E-state index in [1.165, 1.54) is 22.0 Å². The van der Waals surface area contributed by atoms with Crippen molar-refractivity contribution >= 4 is 28.1 Å². The Morgan fingerprint density at radius 3 is 2.95 bits per heavy atom. The fourth-order valence-electron chi connectivity index (χ4n) is 3.68. The molecule has 3 heterocycles. The van der Waals surface area contributed by atoms with E-state index in [0.717, 1.165) is 18.1 Å². The summed E-state index contributed by atoms with van der Waals surface area (Å²) in [6.07, 6.45) is 4.53. The lowest BCUT2D eigenvalue weighted by molar-refractivity contribution is 0.234. The average Bonchev–Trinajstić information content (AvgIpc) is 2.70. The van der Waals surface area contributed by atoms with Gasteiger partial charge in [0.1, 0.15) is 0 Å². The van der Waals surface area contributed by atoms with Gasteiger partial charge in [-0.25, -0.2) is 0 Å². The van der Waals surface area contributed by atoms with Gasteiger partial charge in [-0.3, -0.25) is 4.90 Å². The molecule has 2 unspecified atom stereocenters. The van der Waals surface area contributed by atoms with Crippen LogP contribution < -0.4 is 0 Å². The maximum absolute atomic E-state index is 6.36. The van der Waals surface area contributed by atoms with Crippen molar-refractivity contribution in [3.8, 4) is 0 Å². The lowest BCUT2D eigenvalue weighted by Gasteiger charge is -2.39. The highest BCUT2D eigenvalue weighted by atomic mass is 35.5. The summed E-state index contributed by atoms with van der Waals surface area (Å²) in [6.45, 7) is 4.43. The highest BCUT2D eigenvalue weighted by molar-refractivity contribution is 6.36. The molecule has 19 heavy (non-hydrogen) atoms. The molecule has 0 saturated carbocycles. The van der Waals surface area contributed by atoms with E-state index in [0.29, 0.717) is 12.0 Å². The fourth-order valence-corrected chi connectivity index (χ4v) is 3.95. The minimum absolute atomic E-state index is 0.484. The van der Waals surface area contributed by atoms with E-state index in [-0.39, 0.29) is 0 Å². The van der Waals surface area contributed by atoms with Crippen molar-refractivity contribution in [3.63, 3.8) is 0 Å². The molecular weight excluding hydrogens is 256 g/mol. The van der Waals surface area contributed by atoms with Gasteiger partial charge in [-0.2, -0.15) is 0 Å². The van der Waals surface area contributed by atoms with Gasteiger partial charge in [-0.15, -0.1) is 0 Å². The smallest absolute Gasteiger partial charge is 0.0661 e. The molecule has 2 nitrogen and oxygen atoms in total. The Morgan fingerprint density at radius 1 is 1.26 bits per heavy atom. The third-order valence-corrected chi connectivity index (χ3v) is 4.76. The van der Waals surface area contributed by atoms with Crippen molar-refractivity contribution in [2.45, 2.75) is 19.5 Å². The number of para-hydroxylation sites is 1. The predicted octanol–water partition coefficient (Wildman–Crippen LogP) is 3.64. The molecule has 0 N–H and O–H groups in total. The van der Waals surface area contributed by atoms with E-state index in [2.05, 4.69) is 53.9 Å². The van der Waals surface area contributed by atoms with Crippen molar-refractivity contribution in [2.24, 2.45) is 5.92 Å².